The van der Waals surface area contributed by atoms with Crippen LogP contribution < -0.4 is 4.72 Å². The van der Waals surface area contributed by atoms with E-state index < -0.39 is 0 Å². The number of rotatable bonds is 2. The second kappa shape index (κ2) is 6.43. The van der Waals surface area contributed by atoms with Gasteiger partial charge in [-0.05, 0) is 37.2 Å². The molecule has 0 saturated carbocycles. The van der Waals surface area contributed by atoms with Crippen LogP contribution >= 0.6 is 11.9 Å². The smallest absolute Gasteiger partial charge is 0.0713 e. The second-order valence-corrected chi connectivity index (χ2v) is 3.68. The first-order valence-electron chi connectivity index (χ1n) is 5.09. The lowest BCUT2D eigenvalue weighted by Crippen LogP contribution is -1.91. The summed E-state index contributed by atoms with van der Waals surface area (Å²) in [5.41, 5.74) is 1.04. The molecule has 2 rings (SSSR count). The summed E-state index contributed by atoms with van der Waals surface area (Å²) in [5, 5.41) is 1.20. The fraction of sp³-hybridized carbons (Fsp3) is 0.250. The van der Waals surface area contributed by atoms with Crippen LogP contribution in [0.1, 0.15) is 13.8 Å². The standard InChI is InChI=1S/C10H10N2S.C2H6/c1-11-13-10-6-2-5-9-8(10)4-3-7-12-9;1-2/h2-7,11H,1H3;1-2H3. The molecule has 0 bridgehead atoms. The maximum absolute atomic E-state index is 4.28. The third-order valence-electron chi connectivity index (χ3n) is 1.82. The minimum absolute atomic E-state index is 1.04. The molecule has 0 saturated heterocycles. The monoisotopic (exact) mass is 220 g/mol. The van der Waals surface area contributed by atoms with E-state index in [4.69, 9.17) is 0 Å². The molecule has 1 aromatic heterocycles. The predicted molar refractivity (Wildman–Crippen MR) is 68.0 cm³/mol. The summed E-state index contributed by atoms with van der Waals surface area (Å²) in [7, 11) is 1.92. The Labute approximate surface area is 95.2 Å². The molecule has 0 unspecified atom stereocenters. The van der Waals surface area contributed by atoms with E-state index in [2.05, 4.69) is 21.8 Å². The van der Waals surface area contributed by atoms with E-state index in [0.717, 1.165) is 5.52 Å². The van der Waals surface area contributed by atoms with E-state index in [9.17, 15) is 0 Å². The number of aromatic nitrogens is 1. The van der Waals surface area contributed by atoms with E-state index in [-0.39, 0.29) is 0 Å². The van der Waals surface area contributed by atoms with Crippen molar-refractivity contribution in [2.24, 2.45) is 0 Å². The lowest BCUT2D eigenvalue weighted by Gasteiger charge is -2.02. The Morgan fingerprint density at radius 1 is 1.13 bits per heavy atom. The van der Waals surface area contributed by atoms with Crippen molar-refractivity contribution in [3.63, 3.8) is 0 Å². The van der Waals surface area contributed by atoms with Crippen LogP contribution in [0.3, 0.4) is 0 Å². The van der Waals surface area contributed by atoms with Crippen molar-refractivity contribution in [3.05, 3.63) is 36.5 Å². The molecule has 80 valence electrons. The quantitative estimate of drug-likeness (QED) is 0.784. The van der Waals surface area contributed by atoms with Crippen LogP contribution in [-0.2, 0) is 0 Å². The average Bonchev–Trinajstić information content (AvgIpc) is 2.33. The highest BCUT2D eigenvalue weighted by Gasteiger charge is 1.99. The molecule has 1 heterocycles. The summed E-state index contributed by atoms with van der Waals surface area (Å²) in [5.74, 6) is 0. The Morgan fingerprint density at radius 3 is 2.67 bits per heavy atom. The highest BCUT2D eigenvalue weighted by molar-refractivity contribution is 7.97. The molecular weight excluding hydrogens is 204 g/mol. The molecule has 0 aliphatic rings. The molecule has 0 spiro atoms. The van der Waals surface area contributed by atoms with Crippen LogP contribution in [0, 0.1) is 0 Å². The van der Waals surface area contributed by atoms with Gasteiger partial charge in [0.15, 0.2) is 0 Å². The van der Waals surface area contributed by atoms with Gasteiger partial charge in [0, 0.05) is 16.5 Å². The fourth-order valence-corrected chi connectivity index (χ4v) is 1.92. The molecule has 0 fully saturated rings. The molecule has 0 atom stereocenters. The first kappa shape index (κ1) is 12.0. The van der Waals surface area contributed by atoms with Crippen molar-refractivity contribution < 1.29 is 0 Å². The molecule has 1 aromatic carbocycles. The highest BCUT2D eigenvalue weighted by atomic mass is 32.2. The van der Waals surface area contributed by atoms with Gasteiger partial charge in [0.2, 0.25) is 0 Å². The largest absolute Gasteiger partial charge is 0.263 e. The number of hydrogen-bond donors (Lipinski definition) is 1. The van der Waals surface area contributed by atoms with Crippen molar-refractivity contribution in [2.45, 2.75) is 18.7 Å². The fourth-order valence-electron chi connectivity index (χ4n) is 1.27. The molecule has 1 N–H and O–H groups in total. The molecular formula is C12H16N2S. The van der Waals surface area contributed by atoms with Gasteiger partial charge in [-0.25, -0.2) is 0 Å². The van der Waals surface area contributed by atoms with E-state index in [1.165, 1.54) is 10.3 Å². The maximum atomic E-state index is 4.28. The summed E-state index contributed by atoms with van der Waals surface area (Å²) in [6.07, 6.45) is 1.82. The third kappa shape index (κ3) is 2.94. The van der Waals surface area contributed by atoms with Crippen LogP contribution in [0.2, 0.25) is 0 Å². The Morgan fingerprint density at radius 2 is 1.93 bits per heavy atom. The van der Waals surface area contributed by atoms with E-state index >= 15 is 0 Å². The predicted octanol–water partition coefficient (Wildman–Crippen LogP) is 3.49. The number of hydrogen-bond acceptors (Lipinski definition) is 3. The highest BCUT2D eigenvalue weighted by Crippen LogP contribution is 2.23. The van der Waals surface area contributed by atoms with Gasteiger partial charge in [0.05, 0.1) is 5.52 Å². The van der Waals surface area contributed by atoms with Gasteiger partial charge >= 0.3 is 0 Å². The SMILES string of the molecule is CC.CNSc1cccc2ncccc12. The van der Waals surface area contributed by atoms with Crippen LogP contribution in [0.25, 0.3) is 10.9 Å². The van der Waals surface area contributed by atoms with Gasteiger partial charge in [-0.3, -0.25) is 9.71 Å². The first-order chi connectivity index (χ1) is 7.42. The van der Waals surface area contributed by atoms with Gasteiger partial charge in [-0.2, -0.15) is 0 Å². The molecule has 2 nitrogen and oxygen atoms in total. The summed E-state index contributed by atoms with van der Waals surface area (Å²) < 4.78 is 3.07. The van der Waals surface area contributed by atoms with E-state index in [0.29, 0.717) is 0 Å². The molecule has 0 radical (unpaired) electrons. The first-order valence-corrected chi connectivity index (χ1v) is 5.91. The van der Waals surface area contributed by atoms with Crippen molar-refractivity contribution in [2.75, 3.05) is 7.05 Å². The Kier molecular flexibility index (Phi) is 5.15. The number of nitrogens with one attached hydrogen (secondary N) is 1. The van der Waals surface area contributed by atoms with Gasteiger partial charge in [-0.1, -0.05) is 26.0 Å². The number of fused-ring (bicyclic) bond motifs is 1. The second-order valence-electron chi connectivity index (χ2n) is 2.63. The summed E-state index contributed by atoms with van der Waals surface area (Å²) in [6, 6.07) is 10.2. The van der Waals surface area contributed by atoms with Gasteiger partial charge in [-0.15, -0.1) is 0 Å². The topological polar surface area (TPSA) is 24.9 Å². The lowest BCUT2D eigenvalue weighted by atomic mass is 10.2. The molecule has 2 aromatic rings. The number of benzene rings is 1. The van der Waals surface area contributed by atoms with Gasteiger partial charge in [0.25, 0.3) is 0 Å². The lowest BCUT2D eigenvalue weighted by molar-refractivity contribution is 1.28. The zero-order chi connectivity index (χ0) is 11.1. The summed E-state index contributed by atoms with van der Waals surface area (Å²) in [6.45, 7) is 4.00. The van der Waals surface area contributed by atoms with Crippen LogP contribution in [0.4, 0.5) is 0 Å². The van der Waals surface area contributed by atoms with Crippen LogP contribution in [-0.4, -0.2) is 12.0 Å². The van der Waals surface area contributed by atoms with Gasteiger partial charge in [0.1, 0.15) is 0 Å². The Bertz CT molecular complexity index is 410. The average molecular weight is 220 g/mol. The number of pyridine rings is 1. The third-order valence-corrected chi connectivity index (χ3v) is 2.60. The van der Waals surface area contributed by atoms with Crippen molar-refractivity contribution in [1.82, 2.24) is 9.71 Å². The minimum Gasteiger partial charge on any atom is -0.263 e. The van der Waals surface area contributed by atoms with E-state index in [1.807, 2.05) is 45.3 Å². The molecule has 0 aliphatic heterocycles. The van der Waals surface area contributed by atoms with Crippen LogP contribution in [0.15, 0.2) is 41.4 Å². The number of nitrogens with zero attached hydrogens (tertiary/aromatic N) is 1. The molecule has 0 aliphatic carbocycles. The minimum atomic E-state index is 1.04. The maximum Gasteiger partial charge on any atom is 0.0713 e. The van der Waals surface area contributed by atoms with Crippen molar-refractivity contribution >= 4 is 22.9 Å². The van der Waals surface area contributed by atoms with Crippen LogP contribution in [0.5, 0.6) is 0 Å². The molecule has 3 heteroatoms. The summed E-state index contributed by atoms with van der Waals surface area (Å²) >= 11 is 1.61. The summed E-state index contributed by atoms with van der Waals surface area (Å²) in [4.78, 5) is 5.50. The zero-order valence-electron chi connectivity index (χ0n) is 9.32. The van der Waals surface area contributed by atoms with E-state index in [1.54, 1.807) is 11.9 Å². The zero-order valence-corrected chi connectivity index (χ0v) is 10.1. The van der Waals surface area contributed by atoms with Crippen molar-refractivity contribution in [1.29, 1.82) is 0 Å². The molecule has 0 amide bonds. The molecule has 15 heavy (non-hydrogen) atoms. The van der Waals surface area contributed by atoms with Crippen molar-refractivity contribution in [3.8, 4) is 0 Å². The Balaban J connectivity index is 0.000000531. The Hall–Kier alpha value is -1.06. The normalized spacial score (nSPS) is 9.53. The van der Waals surface area contributed by atoms with Gasteiger partial charge < -0.3 is 0 Å².